The van der Waals surface area contributed by atoms with Crippen LogP contribution in [0.2, 0.25) is 0 Å². The number of carbonyl (C=O) groups excluding carboxylic acids is 2. The maximum atomic E-state index is 12.4. The maximum Gasteiger partial charge on any atom is 0.294 e. The van der Waals surface area contributed by atoms with Crippen molar-refractivity contribution >= 4 is 38.6 Å². The monoisotopic (exact) mass is 359 g/mol. The van der Waals surface area contributed by atoms with Crippen LogP contribution in [-0.2, 0) is 19.7 Å². The number of anilines is 1. The first-order valence-electron chi connectivity index (χ1n) is 7.11. The van der Waals surface area contributed by atoms with E-state index in [-0.39, 0.29) is 33.4 Å². The molecule has 0 aliphatic rings. The van der Waals surface area contributed by atoms with Gasteiger partial charge in [-0.15, -0.1) is 0 Å². The summed E-state index contributed by atoms with van der Waals surface area (Å²) in [5.74, 6) is 0.0119. The van der Waals surface area contributed by atoms with Gasteiger partial charge >= 0.3 is 0 Å². The lowest BCUT2D eigenvalue weighted by Crippen LogP contribution is -2.26. The minimum Gasteiger partial charge on any atom is -0.326 e. The van der Waals surface area contributed by atoms with Crippen molar-refractivity contribution in [3.8, 4) is 0 Å². The van der Waals surface area contributed by atoms with Crippen molar-refractivity contribution in [2.24, 2.45) is 11.8 Å². The SMILES string of the molecule is CC(=O)SCC(CC(C)C)C(=O)Nc1cccc(S(=O)(=O)O)c1. The summed E-state index contributed by atoms with van der Waals surface area (Å²) in [6.45, 7) is 5.42. The summed E-state index contributed by atoms with van der Waals surface area (Å²) in [6.07, 6.45) is 0.615. The molecule has 0 aliphatic heterocycles. The van der Waals surface area contributed by atoms with Crippen LogP contribution in [0, 0.1) is 11.8 Å². The van der Waals surface area contributed by atoms with Gasteiger partial charge in [-0.2, -0.15) is 8.42 Å². The van der Waals surface area contributed by atoms with Gasteiger partial charge in [0.05, 0.1) is 4.90 Å². The number of hydrogen-bond donors (Lipinski definition) is 2. The molecule has 1 amide bonds. The fourth-order valence-electron chi connectivity index (χ4n) is 2.02. The molecule has 23 heavy (non-hydrogen) atoms. The normalized spacial score (nSPS) is 12.9. The molecule has 0 saturated carbocycles. The van der Waals surface area contributed by atoms with Crippen molar-refractivity contribution in [2.75, 3.05) is 11.1 Å². The molecule has 1 aromatic carbocycles. The zero-order valence-corrected chi connectivity index (χ0v) is 14.9. The Morgan fingerprint density at radius 1 is 1.30 bits per heavy atom. The molecule has 1 rings (SSSR count). The van der Waals surface area contributed by atoms with E-state index in [1.807, 2.05) is 13.8 Å². The highest BCUT2D eigenvalue weighted by Crippen LogP contribution is 2.21. The Balaban J connectivity index is 2.87. The molecule has 1 atom stereocenters. The molecule has 2 N–H and O–H groups in total. The Hall–Kier alpha value is -1.38. The molecule has 1 aromatic rings. The minimum absolute atomic E-state index is 0.0556. The van der Waals surface area contributed by atoms with Crippen LogP contribution >= 0.6 is 11.8 Å². The number of nitrogens with one attached hydrogen (secondary N) is 1. The molecular weight excluding hydrogens is 338 g/mol. The molecule has 1 unspecified atom stereocenters. The first kappa shape index (κ1) is 19.7. The third-order valence-corrected chi connectivity index (χ3v) is 4.84. The Labute approximate surface area is 140 Å². The van der Waals surface area contributed by atoms with Crippen molar-refractivity contribution in [1.29, 1.82) is 0 Å². The van der Waals surface area contributed by atoms with Crippen LogP contribution in [0.5, 0.6) is 0 Å². The van der Waals surface area contributed by atoms with Crippen molar-refractivity contribution in [2.45, 2.75) is 32.1 Å². The number of carbonyl (C=O) groups is 2. The van der Waals surface area contributed by atoms with E-state index in [1.54, 1.807) is 0 Å². The van der Waals surface area contributed by atoms with E-state index < -0.39 is 10.1 Å². The lowest BCUT2D eigenvalue weighted by atomic mass is 9.98. The van der Waals surface area contributed by atoms with Crippen LogP contribution in [0.4, 0.5) is 5.69 Å². The molecule has 6 nitrogen and oxygen atoms in total. The summed E-state index contributed by atoms with van der Waals surface area (Å²) in [5.41, 5.74) is 0.284. The third kappa shape index (κ3) is 7.15. The van der Waals surface area contributed by atoms with Gasteiger partial charge < -0.3 is 5.32 Å². The molecule has 0 aliphatic carbocycles. The molecule has 0 radical (unpaired) electrons. The quantitative estimate of drug-likeness (QED) is 0.726. The van der Waals surface area contributed by atoms with E-state index in [0.717, 1.165) is 11.8 Å². The zero-order chi connectivity index (χ0) is 17.6. The Morgan fingerprint density at radius 2 is 1.96 bits per heavy atom. The highest BCUT2D eigenvalue weighted by Gasteiger charge is 2.21. The number of amides is 1. The van der Waals surface area contributed by atoms with Crippen molar-refractivity contribution in [3.63, 3.8) is 0 Å². The van der Waals surface area contributed by atoms with Gasteiger partial charge in [-0.25, -0.2) is 0 Å². The van der Waals surface area contributed by atoms with Gasteiger partial charge in [0.15, 0.2) is 5.12 Å². The molecule has 0 aromatic heterocycles. The van der Waals surface area contributed by atoms with E-state index in [1.165, 1.54) is 31.2 Å². The van der Waals surface area contributed by atoms with E-state index >= 15 is 0 Å². The number of hydrogen-bond acceptors (Lipinski definition) is 5. The third-order valence-electron chi connectivity index (χ3n) is 3.01. The molecule has 0 heterocycles. The van der Waals surface area contributed by atoms with Gasteiger partial charge in [0.1, 0.15) is 0 Å². The molecule has 0 bridgehead atoms. The van der Waals surface area contributed by atoms with E-state index in [4.69, 9.17) is 4.55 Å². The predicted octanol–water partition coefficient (Wildman–Crippen LogP) is 2.81. The van der Waals surface area contributed by atoms with Crippen molar-refractivity contribution in [1.82, 2.24) is 0 Å². The van der Waals surface area contributed by atoms with Gasteiger partial charge in [0, 0.05) is 24.3 Å². The lowest BCUT2D eigenvalue weighted by Gasteiger charge is -2.18. The summed E-state index contributed by atoms with van der Waals surface area (Å²) >= 11 is 1.09. The van der Waals surface area contributed by atoms with Crippen molar-refractivity contribution in [3.05, 3.63) is 24.3 Å². The fourth-order valence-corrected chi connectivity index (χ4v) is 3.27. The average Bonchev–Trinajstić information content (AvgIpc) is 2.42. The Kier molecular flexibility index (Phi) is 7.24. The Bertz CT molecular complexity index is 670. The summed E-state index contributed by atoms with van der Waals surface area (Å²) in [7, 11) is -4.32. The van der Waals surface area contributed by atoms with Crippen LogP contribution < -0.4 is 5.32 Å². The van der Waals surface area contributed by atoms with E-state index in [9.17, 15) is 18.0 Å². The standard InChI is InChI=1S/C15H21NO5S2/c1-10(2)7-12(9-22-11(3)17)15(18)16-13-5-4-6-14(8-13)23(19,20)21/h4-6,8,10,12H,7,9H2,1-3H3,(H,16,18)(H,19,20,21). The van der Waals surface area contributed by atoms with Crippen LogP contribution in [0.3, 0.4) is 0 Å². The molecular formula is C15H21NO5S2. The smallest absolute Gasteiger partial charge is 0.294 e. The maximum absolute atomic E-state index is 12.4. The highest BCUT2D eigenvalue weighted by atomic mass is 32.2. The number of benzene rings is 1. The Morgan fingerprint density at radius 3 is 2.48 bits per heavy atom. The highest BCUT2D eigenvalue weighted by molar-refractivity contribution is 8.13. The first-order chi connectivity index (χ1) is 10.6. The van der Waals surface area contributed by atoms with Crippen molar-refractivity contribution < 1.29 is 22.6 Å². The van der Waals surface area contributed by atoms with Gasteiger partial charge in [0.25, 0.3) is 10.1 Å². The fraction of sp³-hybridized carbons (Fsp3) is 0.467. The topological polar surface area (TPSA) is 101 Å². The molecule has 0 fully saturated rings. The van der Waals surface area contributed by atoms with Crippen LogP contribution in [0.1, 0.15) is 27.2 Å². The minimum atomic E-state index is -4.32. The summed E-state index contributed by atoms with van der Waals surface area (Å²) < 4.78 is 31.3. The molecule has 0 spiro atoms. The largest absolute Gasteiger partial charge is 0.326 e. The summed E-state index contributed by atoms with van der Waals surface area (Å²) in [6, 6.07) is 5.40. The van der Waals surface area contributed by atoms with Gasteiger partial charge in [-0.05, 0) is 30.5 Å². The number of thioether (sulfide) groups is 1. The van der Waals surface area contributed by atoms with E-state index in [2.05, 4.69) is 5.32 Å². The molecule has 8 heteroatoms. The molecule has 0 saturated heterocycles. The van der Waals surface area contributed by atoms with Gasteiger partial charge in [0.2, 0.25) is 5.91 Å². The van der Waals surface area contributed by atoms with E-state index in [0.29, 0.717) is 12.2 Å². The average molecular weight is 359 g/mol. The number of rotatable bonds is 7. The van der Waals surface area contributed by atoms with Crippen LogP contribution in [0.15, 0.2) is 29.2 Å². The second kappa shape index (κ2) is 8.47. The zero-order valence-electron chi connectivity index (χ0n) is 13.3. The van der Waals surface area contributed by atoms with Crippen LogP contribution in [-0.4, -0.2) is 29.7 Å². The summed E-state index contributed by atoms with van der Waals surface area (Å²) in [4.78, 5) is 23.2. The second-order valence-electron chi connectivity index (χ2n) is 5.62. The first-order valence-corrected chi connectivity index (χ1v) is 9.54. The lowest BCUT2D eigenvalue weighted by molar-refractivity contribution is -0.119. The molecule has 128 valence electrons. The summed E-state index contributed by atoms with van der Waals surface area (Å²) in [5, 5.41) is 2.59. The van der Waals surface area contributed by atoms with Gasteiger partial charge in [-0.3, -0.25) is 14.1 Å². The second-order valence-corrected chi connectivity index (χ2v) is 8.24. The van der Waals surface area contributed by atoms with Gasteiger partial charge in [-0.1, -0.05) is 31.7 Å². The predicted molar refractivity (Wildman–Crippen MR) is 91.0 cm³/mol. The van der Waals surface area contributed by atoms with Crippen LogP contribution in [0.25, 0.3) is 0 Å².